The van der Waals surface area contributed by atoms with Crippen LogP contribution in [0.4, 0.5) is 5.95 Å². The summed E-state index contributed by atoms with van der Waals surface area (Å²) in [4.78, 5) is 38.8. The Kier molecular flexibility index (Phi) is 4.39. The molecule has 0 atom stereocenters. The van der Waals surface area contributed by atoms with Crippen LogP contribution in [0.25, 0.3) is 10.9 Å². The van der Waals surface area contributed by atoms with E-state index >= 15 is 0 Å². The van der Waals surface area contributed by atoms with Gasteiger partial charge in [-0.15, -0.1) is 0 Å². The molecule has 0 unspecified atom stereocenters. The quantitative estimate of drug-likeness (QED) is 0.730. The van der Waals surface area contributed by atoms with Gasteiger partial charge in [-0.3, -0.25) is 9.59 Å². The molecule has 1 amide bonds. The lowest BCUT2D eigenvalue weighted by Gasteiger charge is -2.32. The highest BCUT2D eigenvalue weighted by Crippen LogP contribution is 2.18. The number of amides is 1. The number of aromatic amines is 1. The predicted octanol–water partition coefficient (Wildman–Crippen LogP) is 1.36. The van der Waals surface area contributed by atoms with Gasteiger partial charge in [-0.2, -0.15) is 0 Å². The number of carbonyl (C=O) groups is 1. The molecule has 8 nitrogen and oxygen atoms in total. The summed E-state index contributed by atoms with van der Waals surface area (Å²) in [5.41, 5.74) is 1.77. The second kappa shape index (κ2) is 6.86. The van der Waals surface area contributed by atoms with Gasteiger partial charge in [0.05, 0.1) is 5.56 Å². The summed E-state index contributed by atoms with van der Waals surface area (Å²) in [6.45, 7) is 3.54. The molecule has 4 heterocycles. The summed E-state index contributed by atoms with van der Waals surface area (Å²) in [7, 11) is 1.65. The molecule has 0 spiro atoms. The summed E-state index contributed by atoms with van der Waals surface area (Å²) in [5, 5.41) is 3.77. The normalized spacial score (nSPS) is 15.3. The van der Waals surface area contributed by atoms with Crippen molar-refractivity contribution in [2.75, 3.05) is 18.0 Å². The van der Waals surface area contributed by atoms with Crippen molar-refractivity contribution in [2.24, 2.45) is 7.05 Å². The van der Waals surface area contributed by atoms with Gasteiger partial charge in [-0.25, -0.2) is 9.97 Å². The zero-order valence-corrected chi connectivity index (χ0v) is 15.4. The number of nitrogens with zero attached hydrogens (tertiary/aromatic N) is 4. The smallest absolute Gasteiger partial charge is 0.274 e. The van der Waals surface area contributed by atoms with Crippen LogP contribution >= 0.6 is 0 Å². The van der Waals surface area contributed by atoms with E-state index in [1.54, 1.807) is 31.7 Å². The lowest BCUT2D eigenvalue weighted by Crippen LogP contribution is -2.45. The van der Waals surface area contributed by atoms with Gasteiger partial charge in [0, 0.05) is 55.8 Å². The third-order valence-electron chi connectivity index (χ3n) is 5.03. The van der Waals surface area contributed by atoms with Crippen molar-refractivity contribution in [3.63, 3.8) is 0 Å². The molecule has 3 aromatic rings. The van der Waals surface area contributed by atoms with Gasteiger partial charge in [0.25, 0.3) is 11.5 Å². The first-order valence-corrected chi connectivity index (χ1v) is 9.05. The van der Waals surface area contributed by atoms with Gasteiger partial charge < -0.3 is 19.8 Å². The largest absolute Gasteiger partial charge is 0.357 e. The van der Waals surface area contributed by atoms with E-state index in [1.165, 1.54) is 4.57 Å². The zero-order valence-electron chi connectivity index (χ0n) is 15.4. The Labute approximate surface area is 156 Å². The van der Waals surface area contributed by atoms with Gasteiger partial charge in [-0.1, -0.05) is 0 Å². The highest BCUT2D eigenvalue weighted by Gasteiger charge is 2.24. The number of hydrogen-bond acceptors (Lipinski definition) is 5. The van der Waals surface area contributed by atoms with Crippen LogP contribution in [0, 0.1) is 6.92 Å². The van der Waals surface area contributed by atoms with Gasteiger partial charge in [0.2, 0.25) is 5.95 Å². The number of H-pyrrole nitrogens is 1. The minimum Gasteiger partial charge on any atom is -0.357 e. The predicted molar refractivity (Wildman–Crippen MR) is 103 cm³/mol. The average Bonchev–Trinajstić information content (AvgIpc) is 3.15. The molecule has 1 aliphatic rings. The molecule has 1 fully saturated rings. The number of aromatic nitrogens is 4. The topological polar surface area (TPSA) is 95.9 Å². The van der Waals surface area contributed by atoms with E-state index in [1.807, 2.05) is 13.0 Å². The number of piperidine rings is 1. The fraction of sp³-hybridized carbons (Fsp3) is 0.368. The van der Waals surface area contributed by atoms with Crippen molar-refractivity contribution in [3.05, 3.63) is 52.3 Å². The number of carbonyl (C=O) groups excluding carboxylic acids is 1. The highest BCUT2D eigenvalue weighted by molar-refractivity contribution is 6.06. The summed E-state index contributed by atoms with van der Waals surface area (Å²) in [5.74, 6) is 0.590. The van der Waals surface area contributed by atoms with Crippen LogP contribution in [0.15, 0.2) is 35.5 Å². The van der Waals surface area contributed by atoms with Crippen molar-refractivity contribution >= 4 is 22.8 Å². The van der Waals surface area contributed by atoms with Crippen LogP contribution in [0.3, 0.4) is 0 Å². The lowest BCUT2D eigenvalue weighted by atomic mass is 10.0. The second-order valence-electron chi connectivity index (χ2n) is 6.96. The fourth-order valence-corrected chi connectivity index (χ4v) is 3.52. The molecular formula is C19H22N6O2. The Morgan fingerprint density at radius 3 is 2.81 bits per heavy atom. The second-order valence-corrected chi connectivity index (χ2v) is 6.96. The van der Waals surface area contributed by atoms with Gasteiger partial charge >= 0.3 is 0 Å². The number of anilines is 1. The van der Waals surface area contributed by atoms with Crippen molar-refractivity contribution in [1.82, 2.24) is 24.8 Å². The van der Waals surface area contributed by atoms with Crippen LogP contribution in [-0.2, 0) is 7.05 Å². The molecule has 0 bridgehead atoms. The van der Waals surface area contributed by atoms with Gasteiger partial charge in [-0.05, 0) is 31.9 Å². The van der Waals surface area contributed by atoms with Crippen LogP contribution in [0.5, 0.6) is 0 Å². The molecule has 1 saturated heterocycles. The Morgan fingerprint density at radius 1 is 1.30 bits per heavy atom. The zero-order chi connectivity index (χ0) is 19.0. The van der Waals surface area contributed by atoms with Crippen LogP contribution in [-0.4, -0.2) is 44.6 Å². The molecule has 8 heteroatoms. The molecule has 0 aliphatic carbocycles. The van der Waals surface area contributed by atoms with E-state index in [9.17, 15) is 9.59 Å². The van der Waals surface area contributed by atoms with E-state index in [0.29, 0.717) is 16.5 Å². The summed E-state index contributed by atoms with van der Waals surface area (Å²) >= 11 is 0. The molecular weight excluding hydrogens is 344 g/mol. The number of hydrogen-bond donors (Lipinski definition) is 2. The third-order valence-corrected chi connectivity index (χ3v) is 5.03. The standard InChI is InChI=1S/C19H22N6O2/c1-12-3-7-21-19(22-12)25-9-5-13(6-10-25)23-17(26)15-11-24(2)18(27)16-14(15)4-8-20-16/h3-4,7-8,11,13,20H,5-6,9-10H2,1-2H3,(H,23,26). The van der Waals surface area contributed by atoms with E-state index < -0.39 is 0 Å². The molecule has 0 saturated carbocycles. The molecule has 2 N–H and O–H groups in total. The monoisotopic (exact) mass is 366 g/mol. The molecule has 27 heavy (non-hydrogen) atoms. The maximum atomic E-state index is 12.8. The number of pyridine rings is 1. The van der Waals surface area contributed by atoms with Crippen LogP contribution in [0.2, 0.25) is 0 Å². The van der Waals surface area contributed by atoms with E-state index in [4.69, 9.17) is 0 Å². The Bertz CT molecular complexity index is 1050. The first-order valence-electron chi connectivity index (χ1n) is 9.05. The Hall–Kier alpha value is -3.16. The fourth-order valence-electron chi connectivity index (χ4n) is 3.52. The van der Waals surface area contributed by atoms with E-state index in [0.717, 1.165) is 37.6 Å². The Morgan fingerprint density at radius 2 is 2.07 bits per heavy atom. The SMILES string of the molecule is Cc1ccnc(N2CCC(NC(=O)c3cn(C)c(=O)c4[nH]ccc34)CC2)n1. The van der Waals surface area contributed by atoms with Crippen molar-refractivity contribution in [2.45, 2.75) is 25.8 Å². The number of nitrogens with one attached hydrogen (secondary N) is 2. The van der Waals surface area contributed by atoms with Crippen molar-refractivity contribution in [3.8, 4) is 0 Å². The lowest BCUT2D eigenvalue weighted by molar-refractivity contribution is 0.0932. The van der Waals surface area contributed by atoms with Crippen LogP contribution in [0.1, 0.15) is 28.9 Å². The minimum absolute atomic E-state index is 0.0878. The number of rotatable bonds is 3. The molecule has 0 aromatic carbocycles. The maximum Gasteiger partial charge on any atom is 0.274 e. The van der Waals surface area contributed by atoms with Gasteiger partial charge in [0.1, 0.15) is 5.52 Å². The van der Waals surface area contributed by atoms with Gasteiger partial charge in [0.15, 0.2) is 0 Å². The van der Waals surface area contributed by atoms with E-state index in [2.05, 4.69) is 25.2 Å². The maximum absolute atomic E-state index is 12.8. The summed E-state index contributed by atoms with van der Waals surface area (Å²) in [6.07, 6.45) is 6.70. The minimum atomic E-state index is -0.152. The third kappa shape index (κ3) is 3.30. The Balaban J connectivity index is 1.45. The molecule has 140 valence electrons. The summed E-state index contributed by atoms with van der Waals surface area (Å²) < 4.78 is 1.44. The average molecular weight is 366 g/mol. The molecule has 3 aromatic heterocycles. The van der Waals surface area contributed by atoms with E-state index in [-0.39, 0.29) is 17.5 Å². The van der Waals surface area contributed by atoms with Crippen molar-refractivity contribution in [1.29, 1.82) is 0 Å². The highest BCUT2D eigenvalue weighted by atomic mass is 16.2. The first-order chi connectivity index (χ1) is 13.0. The number of aryl methyl sites for hydroxylation is 2. The van der Waals surface area contributed by atoms with Crippen LogP contribution < -0.4 is 15.8 Å². The molecule has 4 rings (SSSR count). The first kappa shape index (κ1) is 17.3. The number of fused-ring (bicyclic) bond motifs is 1. The van der Waals surface area contributed by atoms with Crippen molar-refractivity contribution < 1.29 is 4.79 Å². The summed E-state index contributed by atoms with van der Waals surface area (Å²) in [6, 6.07) is 3.74. The molecule has 1 aliphatic heterocycles. The molecule has 0 radical (unpaired) electrons.